The van der Waals surface area contributed by atoms with Crippen molar-refractivity contribution in [2.45, 2.75) is 18.3 Å². The molecule has 4 heteroatoms. The van der Waals surface area contributed by atoms with E-state index in [2.05, 4.69) is 17.4 Å². The lowest BCUT2D eigenvalue weighted by Crippen LogP contribution is -2.40. The first-order valence-corrected chi connectivity index (χ1v) is 9.16. The predicted molar refractivity (Wildman–Crippen MR) is 102 cm³/mol. The van der Waals surface area contributed by atoms with Crippen LogP contribution < -0.4 is 14.8 Å². The molecule has 0 atom stereocenters. The molecule has 1 saturated heterocycles. The van der Waals surface area contributed by atoms with Gasteiger partial charge >= 0.3 is 0 Å². The van der Waals surface area contributed by atoms with Crippen LogP contribution >= 0.6 is 11.6 Å². The van der Waals surface area contributed by atoms with Crippen LogP contribution in [0.5, 0.6) is 11.5 Å². The summed E-state index contributed by atoms with van der Waals surface area (Å²) in [6.07, 6.45) is 6.32. The lowest BCUT2D eigenvalue weighted by molar-refractivity contribution is 0.220. The fourth-order valence-electron chi connectivity index (χ4n) is 3.67. The standard InChI is InChI=1S/C21H22ClNO2/c22-17-5-3-16(4-6-17)2-1-13-24-18-7-8-19-20(14-18)25-15-21(19)9-11-23-12-10-21/h1-8,14,23H,9-13,15H2/b2-1+. The van der Waals surface area contributed by atoms with Crippen LogP contribution in [0, 0.1) is 0 Å². The van der Waals surface area contributed by atoms with Crippen LogP contribution in [0.2, 0.25) is 5.02 Å². The van der Waals surface area contributed by atoms with Gasteiger partial charge in [0.1, 0.15) is 18.1 Å². The van der Waals surface area contributed by atoms with Crippen LogP contribution in [0.1, 0.15) is 24.0 Å². The van der Waals surface area contributed by atoms with E-state index in [9.17, 15) is 0 Å². The Morgan fingerprint density at radius 2 is 1.92 bits per heavy atom. The van der Waals surface area contributed by atoms with Crippen molar-refractivity contribution in [3.05, 3.63) is 64.7 Å². The molecule has 0 bridgehead atoms. The first kappa shape index (κ1) is 16.5. The van der Waals surface area contributed by atoms with Crippen molar-refractivity contribution in [3.8, 4) is 11.5 Å². The molecule has 0 aliphatic carbocycles. The van der Waals surface area contributed by atoms with Crippen LogP contribution in [0.15, 0.2) is 48.5 Å². The second kappa shape index (κ2) is 7.11. The summed E-state index contributed by atoms with van der Waals surface area (Å²) >= 11 is 5.89. The zero-order valence-electron chi connectivity index (χ0n) is 14.1. The van der Waals surface area contributed by atoms with E-state index in [0.717, 1.165) is 54.6 Å². The molecule has 0 radical (unpaired) electrons. The minimum Gasteiger partial charge on any atom is -0.492 e. The highest BCUT2D eigenvalue weighted by Gasteiger charge is 2.41. The monoisotopic (exact) mass is 355 g/mol. The number of halogens is 1. The Morgan fingerprint density at radius 1 is 1.12 bits per heavy atom. The Bertz CT molecular complexity index is 764. The normalized spacial score (nSPS) is 18.3. The van der Waals surface area contributed by atoms with Crippen LogP contribution in [0.3, 0.4) is 0 Å². The molecule has 2 aromatic carbocycles. The second-order valence-corrected chi connectivity index (χ2v) is 7.18. The molecule has 2 aliphatic heterocycles. The summed E-state index contributed by atoms with van der Waals surface area (Å²) in [5.74, 6) is 1.84. The van der Waals surface area contributed by atoms with Crippen molar-refractivity contribution in [1.82, 2.24) is 5.32 Å². The van der Waals surface area contributed by atoms with Crippen molar-refractivity contribution in [2.75, 3.05) is 26.3 Å². The predicted octanol–water partition coefficient (Wildman–Crippen LogP) is 4.45. The van der Waals surface area contributed by atoms with Gasteiger partial charge in [0, 0.05) is 22.1 Å². The lowest BCUT2D eigenvalue weighted by atomic mass is 9.75. The molecule has 0 aromatic heterocycles. The third kappa shape index (κ3) is 3.53. The molecular weight excluding hydrogens is 334 g/mol. The number of fused-ring (bicyclic) bond motifs is 2. The molecule has 25 heavy (non-hydrogen) atoms. The van der Waals surface area contributed by atoms with Crippen molar-refractivity contribution >= 4 is 17.7 Å². The Balaban J connectivity index is 1.39. The fraction of sp³-hybridized carbons (Fsp3) is 0.333. The van der Waals surface area contributed by atoms with Gasteiger partial charge in [0.2, 0.25) is 0 Å². The molecule has 4 rings (SSSR count). The SMILES string of the molecule is Clc1ccc(/C=C/COc2ccc3c(c2)OCC32CCNCC2)cc1. The van der Waals surface area contributed by atoms with E-state index >= 15 is 0 Å². The summed E-state index contributed by atoms with van der Waals surface area (Å²) in [6, 6.07) is 14.0. The summed E-state index contributed by atoms with van der Waals surface area (Å²) in [6.45, 7) is 3.45. The van der Waals surface area contributed by atoms with E-state index in [4.69, 9.17) is 21.1 Å². The zero-order chi connectivity index (χ0) is 17.1. The van der Waals surface area contributed by atoms with Crippen molar-refractivity contribution in [2.24, 2.45) is 0 Å². The van der Waals surface area contributed by atoms with E-state index in [0.29, 0.717) is 6.61 Å². The molecule has 0 amide bonds. The molecule has 0 unspecified atom stereocenters. The average Bonchev–Trinajstić information content (AvgIpc) is 2.98. The van der Waals surface area contributed by atoms with Gasteiger partial charge < -0.3 is 14.8 Å². The summed E-state index contributed by atoms with van der Waals surface area (Å²) < 4.78 is 11.8. The number of ether oxygens (including phenoxy) is 2. The van der Waals surface area contributed by atoms with Gasteiger partial charge in [0.25, 0.3) is 0 Å². The largest absolute Gasteiger partial charge is 0.492 e. The number of benzene rings is 2. The quantitative estimate of drug-likeness (QED) is 0.879. The van der Waals surface area contributed by atoms with E-state index in [-0.39, 0.29) is 5.41 Å². The minimum absolute atomic E-state index is 0.202. The van der Waals surface area contributed by atoms with Crippen LogP contribution in [0.4, 0.5) is 0 Å². The highest BCUT2D eigenvalue weighted by atomic mass is 35.5. The van der Waals surface area contributed by atoms with Gasteiger partial charge in [-0.2, -0.15) is 0 Å². The number of piperidine rings is 1. The van der Waals surface area contributed by atoms with Gasteiger partial charge in [-0.05, 0) is 55.8 Å². The number of hydrogen-bond donors (Lipinski definition) is 1. The van der Waals surface area contributed by atoms with Gasteiger partial charge in [0.05, 0.1) is 6.61 Å². The minimum atomic E-state index is 0.202. The summed E-state index contributed by atoms with van der Waals surface area (Å²) in [4.78, 5) is 0. The van der Waals surface area contributed by atoms with Crippen LogP contribution in [0.25, 0.3) is 6.08 Å². The highest BCUT2D eigenvalue weighted by molar-refractivity contribution is 6.30. The fourth-order valence-corrected chi connectivity index (χ4v) is 3.79. The molecule has 0 saturated carbocycles. The smallest absolute Gasteiger partial charge is 0.126 e. The number of hydrogen-bond acceptors (Lipinski definition) is 3. The molecule has 1 N–H and O–H groups in total. The molecular formula is C21H22ClNO2. The number of nitrogens with one attached hydrogen (secondary N) is 1. The topological polar surface area (TPSA) is 30.5 Å². The third-order valence-electron chi connectivity index (χ3n) is 5.12. The maximum absolute atomic E-state index is 5.98. The molecule has 1 fully saturated rings. The molecule has 3 nitrogen and oxygen atoms in total. The Kier molecular flexibility index (Phi) is 4.69. The Hall–Kier alpha value is -1.97. The zero-order valence-corrected chi connectivity index (χ0v) is 14.9. The summed E-state index contributed by atoms with van der Waals surface area (Å²) in [5, 5.41) is 4.18. The molecule has 1 spiro atoms. The maximum atomic E-state index is 5.98. The van der Waals surface area contributed by atoms with Crippen LogP contribution in [-0.2, 0) is 5.41 Å². The van der Waals surface area contributed by atoms with E-state index in [1.165, 1.54) is 5.56 Å². The Morgan fingerprint density at radius 3 is 2.72 bits per heavy atom. The molecule has 2 aliphatic rings. The van der Waals surface area contributed by atoms with Gasteiger partial charge in [-0.3, -0.25) is 0 Å². The first-order valence-electron chi connectivity index (χ1n) is 8.78. The average molecular weight is 356 g/mol. The third-order valence-corrected chi connectivity index (χ3v) is 5.37. The van der Waals surface area contributed by atoms with Gasteiger partial charge in [-0.1, -0.05) is 35.9 Å². The first-order chi connectivity index (χ1) is 12.3. The van der Waals surface area contributed by atoms with Crippen LogP contribution in [-0.4, -0.2) is 26.3 Å². The molecule has 2 heterocycles. The highest BCUT2D eigenvalue weighted by Crippen LogP contribution is 2.45. The van der Waals surface area contributed by atoms with E-state index < -0.39 is 0 Å². The van der Waals surface area contributed by atoms with Crippen molar-refractivity contribution in [1.29, 1.82) is 0 Å². The second-order valence-electron chi connectivity index (χ2n) is 6.74. The van der Waals surface area contributed by atoms with Gasteiger partial charge in [-0.15, -0.1) is 0 Å². The van der Waals surface area contributed by atoms with Crippen molar-refractivity contribution in [3.63, 3.8) is 0 Å². The van der Waals surface area contributed by atoms with Crippen molar-refractivity contribution < 1.29 is 9.47 Å². The molecule has 130 valence electrons. The van der Waals surface area contributed by atoms with E-state index in [1.807, 2.05) is 42.5 Å². The number of rotatable bonds is 4. The Labute approximate surface area is 153 Å². The molecule has 2 aromatic rings. The van der Waals surface area contributed by atoms with Gasteiger partial charge in [0.15, 0.2) is 0 Å². The van der Waals surface area contributed by atoms with E-state index in [1.54, 1.807) is 0 Å². The maximum Gasteiger partial charge on any atom is 0.126 e. The van der Waals surface area contributed by atoms with Gasteiger partial charge in [-0.25, -0.2) is 0 Å². The summed E-state index contributed by atoms with van der Waals surface area (Å²) in [5.41, 5.74) is 2.66. The lowest BCUT2D eigenvalue weighted by Gasteiger charge is -2.32. The summed E-state index contributed by atoms with van der Waals surface area (Å²) in [7, 11) is 0.